The minimum Gasteiger partial charge on any atom is -0.497 e. The van der Waals surface area contributed by atoms with Crippen molar-refractivity contribution in [3.63, 3.8) is 0 Å². The second kappa shape index (κ2) is 4.74. The second-order valence-electron chi connectivity index (χ2n) is 4.41. The molecule has 1 saturated heterocycles. The maximum Gasteiger partial charge on any atom is 0.123 e. The molecule has 0 unspecified atom stereocenters. The lowest BCUT2D eigenvalue weighted by Crippen LogP contribution is -2.14. The van der Waals surface area contributed by atoms with Crippen LogP contribution in [-0.4, -0.2) is 20.8 Å². The summed E-state index contributed by atoms with van der Waals surface area (Å²) in [5, 5.41) is 3.51. The first-order valence-electron chi connectivity index (χ1n) is 5.70. The Morgan fingerprint density at radius 2 is 2.06 bits per heavy atom. The summed E-state index contributed by atoms with van der Waals surface area (Å²) in [4.78, 5) is 0. The van der Waals surface area contributed by atoms with Gasteiger partial charge in [0.25, 0.3) is 0 Å². The number of rotatable bonds is 3. The summed E-state index contributed by atoms with van der Waals surface area (Å²) in [6.07, 6.45) is 1.16. The molecule has 1 N–H and O–H groups in total. The van der Waals surface area contributed by atoms with Crippen LogP contribution in [0.25, 0.3) is 0 Å². The number of hydrogen-bond donors (Lipinski definition) is 1. The molecule has 3 heteroatoms. The summed E-state index contributed by atoms with van der Waals surface area (Å²) in [6, 6.07) is 6.36. The molecule has 1 aliphatic rings. The number of ether oxygens (including phenoxy) is 2. The Bertz CT molecular complexity index is 365. The molecule has 3 nitrogen and oxygen atoms in total. The smallest absolute Gasteiger partial charge is 0.123 e. The molecule has 16 heavy (non-hydrogen) atoms. The Morgan fingerprint density at radius 1 is 1.25 bits per heavy atom. The van der Waals surface area contributed by atoms with Crippen molar-refractivity contribution in [2.75, 3.05) is 20.8 Å². The highest BCUT2D eigenvalue weighted by Gasteiger charge is 2.24. The molecule has 2 atom stereocenters. The van der Waals surface area contributed by atoms with E-state index in [1.807, 2.05) is 12.1 Å². The largest absolute Gasteiger partial charge is 0.497 e. The predicted octanol–water partition coefficient (Wildman–Crippen LogP) is 2.37. The molecule has 0 radical (unpaired) electrons. The van der Waals surface area contributed by atoms with Gasteiger partial charge in [0.05, 0.1) is 14.2 Å². The Labute approximate surface area is 96.8 Å². The third-order valence-corrected chi connectivity index (χ3v) is 3.16. The fourth-order valence-corrected chi connectivity index (χ4v) is 2.26. The van der Waals surface area contributed by atoms with Crippen molar-refractivity contribution in [3.8, 4) is 11.5 Å². The van der Waals surface area contributed by atoms with E-state index in [9.17, 15) is 0 Å². The molecular formula is C13H19NO2. The van der Waals surface area contributed by atoms with Crippen molar-refractivity contribution in [3.05, 3.63) is 23.8 Å². The normalized spacial score (nSPS) is 24.4. The fourth-order valence-electron chi connectivity index (χ4n) is 2.26. The maximum absolute atomic E-state index is 5.40. The van der Waals surface area contributed by atoms with Gasteiger partial charge in [-0.05, 0) is 37.1 Å². The summed E-state index contributed by atoms with van der Waals surface area (Å²) >= 11 is 0. The molecule has 1 fully saturated rings. The van der Waals surface area contributed by atoms with Crippen LogP contribution in [0.4, 0.5) is 0 Å². The predicted molar refractivity (Wildman–Crippen MR) is 64.1 cm³/mol. The van der Waals surface area contributed by atoms with E-state index in [1.165, 1.54) is 5.56 Å². The third kappa shape index (κ3) is 2.14. The molecule has 1 aliphatic heterocycles. The molecule has 0 aromatic heterocycles. The Hall–Kier alpha value is -1.22. The van der Waals surface area contributed by atoms with E-state index in [2.05, 4.69) is 18.3 Å². The van der Waals surface area contributed by atoms with E-state index < -0.39 is 0 Å². The molecule has 2 rings (SSSR count). The molecule has 0 bridgehead atoms. The molecule has 0 amide bonds. The molecule has 1 heterocycles. The van der Waals surface area contributed by atoms with Crippen LogP contribution in [0.2, 0.25) is 0 Å². The number of nitrogens with one attached hydrogen (secondary N) is 1. The average Bonchev–Trinajstić information content (AvgIpc) is 2.75. The van der Waals surface area contributed by atoms with Gasteiger partial charge >= 0.3 is 0 Å². The van der Waals surface area contributed by atoms with Crippen molar-refractivity contribution < 1.29 is 9.47 Å². The first-order valence-corrected chi connectivity index (χ1v) is 5.70. The van der Waals surface area contributed by atoms with Crippen LogP contribution in [0, 0.1) is 5.92 Å². The highest BCUT2D eigenvalue weighted by atomic mass is 16.5. The standard InChI is InChI=1S/C13H19NO2/c1-9-6-12(14-8-9)11-7-10(15-2)4-5-13(11)16-3/h4-5,7,9,12,14H,6,8H2,1-3H3/t9-,12-/m1/s1. The lowest BCUT2D eigenvalue weighted by Gasteiger charge is -2.16. The first-order chi connectivity index (χ1) is 7.74. The zero-order valence-electron chi connectivity index (χ0n) is 10.1. The zero-order valence-corrected chi connectivity index (χ0v) is 10.1. The van der Waals surface area contributed by atoms with E-state index in [0.717, 1.165) is 30.4 Å². The first kappa shape index (κ1) is 11.3. The van der Waals surface area contributed by atoms with Gasteiger partial charge in [0.1, 0.15) is 11.5 Å². The lowest BCUT2D eigenvalue weighted by atomic mass is 10.00. The molecule has 1 aromatic rings. The van der Waals surface area contributed by atoms with Gasteiger partial charge in [-0.1, -0.05) is 6.92 Å². The SMILES string of the molecule is COc1ccc(OC)c([C@H]2C[C@@H](C)CN2)c1. The molecule has 88 valence electrons. The van der Waals surface area contributed by atoms with Gasteiger partial charge in [-0.15, -0.1) is 0 Å². The van der Waals surface area contributed by atoms with E-state index in [-0.39, 0.29) is 0 Å². The van der Waals surface area contributed by atoms with Gasteiger partial charge in [-0.2, -0.15) is 0 Å². The van der Waals surface area contributed by atoms with Crippen molar-refractivity contribution in [1.82, 2.24) is 5.32 Å². The zero-order chi connectivity index (χ0) is 11.5. The number of benzene rings is 1. The van der Waals surface area contributed by atoms with Gasteiger partial charge in [0.15, 0.2) is 0 Å². The van der Waals surface area contributed by atoms with E-state index in [1.54, 1.807) is 14.2 Å². The van der Waals surface area contributed by atoms with Crippen molar-refractivity contribution in [1.29, 1.82) is 0 Å². The Morgan fingerprint density at radius 3 is 2.62 bits per heavy atom. The fraction of sp³-hybridized carbons (Fsp3) is 0.538. The number of methoxy groups -OCH3 is 2. The molecule has 0 aliphatic carbocycles. The van der Waals surface area contributed by atoms with Crippen LogP contribution < -0.4 is 14.8 Å². The van der Waals surface area contributed by atoms with Crippen LogP contribution in [-0.2, 0) is 0 Å². The Balaban J connectivity index is 2.29. The summed E-state index contributed by atoms with van der Waals surface area (Å²) in [5.41, 5.74) is 1.20. The van der Waals surface area contributed by atoms with Gasteiger partial charge in [-0.25, -0.2) is 0 Å². The highest BCUT2D eigenvalue weighted by Crippen LogP contribution is 2.35. The average molecular weight is 221 g/mol. The van der Waals surface area contributed by atoms with Crippen LogP contribution in [0.5, 0.6) is 11.5 Å². The van der Waals surface area contributed by atoms with Crippen LogP contribution in [0.15, 0.2) is 18.2 Å². The maximum atomic E-state index is 5.40. The van der Waals surface area contributed by atoms with Gasteiger partial charge in [0.2, 0.25) is 0 Å². The Kier molecular flexibility index (Phi) is 3.34. The minimum atomic E-state index is 0.389. The lowest BCUT2D eigenvalue weighted by molar-refractivity contribution is 0.392. The summed E-state index contributed by atoms with van der Waals surface area (Å²) in [7, 11) is 3.40. The number of hydrogen-bond acceptors (Lipinski definition) is 3. The van der Waals surface area contributed by atoms with Gasteiger partial charge in [0, 0.05) is 11.6 Å². The van der Waals surface area contributed by atoms with E-state index >= 15 is 0 Å². The second-order valence-corrected chi connectivity index (χ2v) is 4.41. The topological polar surface area (TPSA) is 30.5 Å². The molecule has 0 spiro atoms. The van der Waals surface area contributed by atoms with Gasteiger partial charge < -0.3 is 14.8 Å². The van der Waals surface area contributed by atoms with Crippen molar-refractivity contribution in [2.45, 2.75) is 19.4 Å². The third-order valence-electron chi connectivity index (χ3n) is 3.16. The highest BCUT2D eigenvalue weighted by molar-refractivity contribution is 5.42. The molecular weight excluding hydrogens is 202 g/mol. The quantitative estimate of drug-likeness (QED) is 0.850. The van der Waals surface area contributed by atoms with Crippen molar-refractivity contribution in [2.24, 2.45) is 5.92 Å². The van der Waals surface area contributed by atoms with E-state index in [0.29, 0.717) is 6.04 Å². The van der Waals surface area contributed by atoms with E-state index in [4.69, 9.17) is 9.47 Å². The monoisotopic (exact) mass is 221 g/mol. The van der Waals surface area contributed by atoms with Crippen molar-refractivity contribution >= 4 is 0 Å². The minimum absolute atomic E-state index is 0.389. The molecule has 1 aromatic carbocycles. The summed E-state index contributed by atoms with van der Waals surface area (Å²) in [6.45, 7) is 3.34. The van der Waals surface area contributed by atoms with Gasteiger partial charge in [-0.3, -0.25) is 0 Å². The molecule has 0 saturated carbocycles. The van der Waals surface area contributed by atoms with Crippen LogP contribution >= 0.6 is 0 Å². The summed E-state index contributed by atoms with van der Waals surface area (Å²) in [5.74, 6) is 2.55. The summed E-state index contributed by atoms with van der Waals surface area (Å²) < 4.78 is 10.7. The van der Waals surface area contributed by atoms with Crippen LogP contribution in [0.1, 0.15) is 24.9 Å². The van der Waals surface area contributed by atoms with Crippen LogP contribution in [0.3, 0.4) is 0 Å².